The van der Waals surface area contributed by atoms with E-state index in [1.165, 1.54) is 61.8 Å². The highest BCUT2D eigenvalue weighted by Gasteiger charge is 2.43. The van der Waals surface area contributed by atoms with Crippen molar-refractivity contribution in [3.63, 3.8) is 0 Å². The van der Waals surface area contributed by atoms with Crippen molar-refractivity contribution in [1.29, 1.82) is 0 Å². The van der Waals surface area contributed by atoms with Gasteiger partial charge in [-0.3, -0.25) is 9.52 Å². The van der Waals surface area contributed by atoms with Crippen LogP contribution in [0.3, 0.4) is 0 Å². The minimum Gasteiger partial charge on any atom is -0.367 e. The van der Waals surface area contributed by atoms with Crippen LogP contribution in [-0.4, -0.2) is 49.0 Å². The fourth-order valence-electron chi connectivity index (χ4n) is 4.80. The maximum atomic E-state index is 13.2. The number of halogens is 3. The van der Waals surface area contributed by atoms with E-state index in [1.54, 1.807) is 45.0 Å². The van der Waals surface area contributed by atoms with Crippen LogP contribution in [0.15, 0.2) is 47.4 Å². The molecule has 0 atom stereocenters. The van der Waals surface area contributed by atoms with E-state index in [1.807, 2.05) is 13.8 Å². The minimum absolute atomic E-state index is 0.0541. The third kappa shape index (κ3) is 9.95. The number of para-hydroxylation sites is 1. The first-order valence-electron chi connectivity index (χ1n) is 15.1. The van der Waals surface area contributed by atoms with Gasteiger partial charge in [0.15, 0.2) is 0 Å². The molecule has 8 nitrogen and oxygen atoms in total. The Balaban J connectivity index is 0.000000785. The largest absolute Gasteiger partial charge is 0.471 e. The van der Waals surface area contributed by atoms with Crippen LogP contribution in [0.2, 0.25) is 0 Å². The fourth-order valence-corrected chi connectivity index (χ4v) is 5.95. The maximum Gasteiger partial charge on any atom is 0.471 e. The van der Waals surface area contributed by atoms with E-state index in [9.17, 15) is 31.2 Å². The summed E-state index contributed by atoms with van der Waals surface area (Å²) in [7, 11) is -4.06. The molecule has 1 amide bonds. The normalized spacial score (nSPS) is 15.7. The first kappa shape index (κ1) is 35.4. The number of anilines is 1. The summed E-state index contributed by atoms with van der Waals surface area (Å²) < 4.78 is 67.5. The van der Waals surface area contributed by atoms with Gasteiger partial charge in [-0.25, -0.2) is 13.2 Å². The molecule has 0 saturated heterocycles. The van der Waals surface area contributed by atoms with Gasteiger partial charge in [0, 0.05) is 19.1 Å². The summed E-state index contributed by atoms with van der Waals surface area (Å²) in [6.45, 7) is 8.62. The second kappa shape index (κ2) is 14.8. The van der Waals surface area contributed by atoms with Gasteiger partial charge in [-0.2, -0.15) is 13.2 Å². The van der Waals surface area contributed by atoms with E-state index in [4.69, 9.17) is 4.84 Å². The van der Waals surface area contributed by atoms with Crippen LogP contribution in [0.5, 0.6) is 0 Å². The summed E-state index contributed by atoms with van der Waals surface area (Å²) in [5, 5.41) is 1.48. The maximum absolute atomic E-state index is 13.2. The Morgan fingerprint density at radius 1 is 0.955 bits per heavy atom. The molecule has 1 N–H and O–H groups in total. The molecule has 44 heavy (non-hydrogen) atoms. The van der Waals surface area contributed by atoms with Gasteiger partial charge in [0.2, 0.25) is 0 Å². The van der Waals surface area contributed by atoms with Gasteiger partial charge in [-0.15, -0.1) is 5.06 Å². The monoisotopic (exact) mass is 639 g/mol. The van der Waals surface area contributed by atoms with E-state index in [-0.39, 0.29) is 37.0 Å². The number of nitrogens with zero attached hydrogens (tertiary/aromatic N) is 2. The average Bonchev–Trinajstić information content (AvgIpc) is 2.96. The number of hydrogen-bond acceptors (Lipinski definition) is 6. The highest BCUT2D eigenvalue weighted by molar-refractivity contribution is 7.92. The summed E-state index contributed by atoms with van der Waals surface area (Å²) in [4.78, 5) is 30.3. The third-order valence-corrected chi connectivity index (χ3v) is 8.87. The SMILES string of the molecule is C1CCCCC1.CC(C)N(Cc1ccccc1NS(=O)(=O)c1ccc2c(c1)CCN(C(=O)C(F)(F)F)C2)OC(=O)C(C)(C)C. The molecule has 0 bridgehead atoms. The Bertz CT molecular complexity index is 1390. The van der Waals surface area contributed by atoms with Crippen molar-refractivity contribution in [2.24, 2.45) is 5.41 Å². The zero-order valence-corrected chi connectivity index (χ0v) is 27.0. The Morgan fingerprint density at radius 3 is 2.09 bits per heavy atom. The second-order valence-corrected chi connectivity index (χ2v) is 14.3. The van der Waals surface area contributed by atoms with Gasteiger partial charge >= 0.3 is 18.1 Å². The topological polar surface area (TPSA) is 96.0 Å². The lowest BCUT2D eigenvalue weighted by Gasteiger charge is -2.30. The van der Waals surface area contributed by atoms with Crippen molar-refractivity contribution < 1.29 is 36.0 Å². The molecule has 0 unspecified atom stereocenters. The zero-order chi connectivity index (χ0) is 32.7. The summed E-state index contributed by atoms with van der Waals surface area (Å²) >= 11 is 0. The molecule has 244 valence electrons. The van der Waals surface area contributed by atoms with Crippen LogP contribution in [0.25, 0.3) is 0 Å². The fraction of sp³-hybridized carbons (Fsp3) is 0.562. The standard InChI is InChI=1S/C26H32F3N3O5S.C6H12/c1-17(2)32(37-24(34)25(3,4)5)16-20-8-6-7-9-22(20)30-38(35,36)21-11-10-19-15-31(13-12-18(19)14-21)23(33)26(27,28)29;1-2-4-6-5-3-1/h6-11,14,17,30H,12-13,15-16H2,1-5H3;1-6H2. The Hall–Kier alpha value is -3.12. The Morgan fingerprint density at radius 2 is 1.55 bits per heavy atom. The van der Waals surface area contributed by atoms with E-state index in [0.29, 0.717) is 27.3 Å². The van der Waals surface area contributed by atoms with Gasteiger partial charge in [0.1, 0.15) is 0 Å². The molecule has 2 aromatic rings. The second-order valence-electron chi connectivity index (χ2n) is 12.6. The van der Waals surface area contributed by atoms with E-state index < -0.39 is 33.5 Å². The Kier molecular flexibility index (Phi) is 11.9. The highest BCUT2D eigenvalue weighted by Crippen LogP contribution is 2.29. The number of hydrogen-bond donors (Lipinski definition) is 1. The number of nitrogens with one attached hydrogen (secondary N) is 1. The average molecular weight is 640 g/mol. The van der Waals surface area contributed by atoms with Gasteiger partial charge < -0.3 is 9.74 Å². The smallest absolute Gasteiger partial charge is 0.367 e. The van der Waals surface area contributed by atoms with Crippen LogP contribution < -0.4 is 4.72 Å². The lowest BCUT2D eigenvalue weighted by Crippen LogP contribution is -2.43. The first-order chi connectivity index (χ1) is 20.5. The Labute approximate surface area is 258 Å². The number of benzene rings is 2. The van der Waals surface area contributed by atoms with Gasteiger partial charge in [-0.05, 0) is 75.9 Å². The summed E-state index contributed by atoms with van der Waals surface area (Å²) in [6, 6.07) is 10.7. The van der Waals surface area contributed by atoms with Crippen molar-refractivity contribution >= 4 is 27.6 Å². The number of alkyl halides is 3. The molecule has 0 spiro atoms. The predicted molar refractivity (Wildman–Crippen MR) is 163 cm³/mol. The number of sulfonamides is 1. The highest BCUT2D eigenvalue weighted by atomic mass is 32.2. The quantitative estimate of drug-likeness (QED) is 0.328. The molecule has 1 aliphatic heterocycles. The molecule has 1 aliphatic carbocycles. The van der Waals surface area contributed by atoms with Crippen LogP contribution in [0.4, 0.5) is 18.9 Å². The molecule has 12 heteroatoms. The molecule has 1 heterocycles. The number of hydroxylamine groups is 2. The van der Waals surface area contributed by atoms with Crippen molar-refractivity contribution in [1.82, 2.24) is 9.96 Å². The van der Waals surface area contributed by atoms with Gasteiger partial charge in [-0.1, -0.05) is 62.8 Å². The van der Waals surface area contributed by atoms with Gasteiger partial charge in [0.05, 0.1) is 22.5 Å². The van der Waals surface area contributed by atoms with E-state index >= 15 is 0 Å². The third-order valence-electron chi connectivity index (χ3n) is 7.51. The first-order valence-corrected chi connectivity index (χ1v) is 16.5. The van der Waals surface area contributed by atoms with Crippen LogP contribution in [0, 0.1) is 5.41 Å². The number of amides is 1. The number of fused-ring (bicyclic) bond motifs is 1. The van der Waals surface area contributed by atoms with E-state index in [2.05, 4.69) is 4.72 Å². The summed E-state index contributed by atoms with van der Waals surface area (Å²) in [6.07, 6.45) is 4.13. The van der Waals surface area contributed by atoms with Crippen LogP contribution in [0.1, 0.15) is 89.8 Å². The molecule has 0 aromatic heterocycles. The number of carbonyl (C=O) groups excluding carboxylic acids is 2. The van der Waals surface area contributed by atoms with Gasteiger partial charge in [0.25, 0.3) is 10.0 Å². The summed E-state index contributed by atoms with van der Waals surface area (Å²) in [5.74, 6) is -2.34. The molecular formula is C32H44F3N3O5S. The van der Waals surface area contributed by atoms with E-state index in [0.717, 1.165) is 0 Å². The molecule has 0 radical (unpaired) electrons. The van der Waals surface area contributed by atoms with Crippen molar-refractivity contribution in [2.45, 2.75) is 110 Å². The molecular weight excluding hydrogens is 595 g/mol. The lowest BCUT2D eigenvalue weighted by atomic mass is 9.98. The van der Waals surface area contributed by atoms with Crippen LogP contribution in [-0.2, 0) is 44.0 Å². The molecule has 2 aromatic carbocycles. The number of rotatable bonds is 7. The summed E-state index contributed by atoms with van der Waals surface area (Å²) in [5.41, 5.74) is 1.17. The van der Waals surface area contributed by atoms with Crippen molar-refractivity contribution in [3.05, 3.63) is 59.2 Å². The lowest BCUT2D eigenvalue weighted by molar-refractivity contribution is -0.212. The molecule has 2 aliphatic rings. The van der Waals surface area contributed by atoms with Crippen molar-refractivity contribution in [3.8, 4) is 0 Å². The van der Waals surface area contributed by atoms with Crippen LogP contribution >= 0.6 is 0 Å². The number of carbonyl (C=O) groups is 2. The molecule has 1 fully saturated rings. The van der Waals surface area contributed by atoms with Crippen molar-refractivity contribution in [2.75, 3.05) is 11.3 Å². The predicted octanol–water partition coefficient (Wildman–Crippen LogP) is 6.99. The zero-order valence-electron chi connectivity index (χ0n) is 26.2. The molecule has 4 rings (SSSR count). The minimum atomic E-state index is -4.96. The molecule has 1 saturated carbocycles.